The van der Waals surface area contributed by atoms with Gasteiger partial charge in [0, 0.05) is 34.8 Å². The summed E-state index contributed by atoms with van der Waals surface area (Å²) in [5.74, 6) is 3.65. The van der Waals surface area contributed by atoms with Gasteiger partial charge < -0.3 is 0 Å². The van der Waals surface area contributed by atoms with Gasteiger partial charge in [-0.3, -0.25) is 4.98 Å². The summed E-state index contributed by atoms with van der Waals surface area (Å²) >= 11 is 1.77. The van der Waals surface area contributed by atoms with Crippen molar-refractivity contribution in [2.75, 3.05) is 0 Å². The molecule has 0 unspecified atom stereocenters. The first-order valence-electron chi connectivity index (χ1n) is 21.7. The molecule has 0 spiro atoms. The van der Waals surface area contributed by atoms with E-state index in [1.165, 1.54) is 73.9 Å². The molecule has 2 aliphatic rings. The van der Waals surface area contributed by atoms with Gasteiger partial charge in [-0.05, 0) is 87.9 Å². The van der Waals surface area contributed by atoms with Gasteiger partial charge in [0.25, 0.3) is 0 Å². The van der Waals surface area contributed by atoms with Gasteiger partial charge in [0.2, 0.25) is 0 Å². The molecule has 2 aromatic heterocycles. The van der Waals surface area contributed by atoms with Gasteiger partial charge in [-0.2, -0.15) is 0 Å². The lowest BCUT2D eigenvalue weighted by molar-refractivity contribution is 0.141. The summed E-state index contributed by atoms with van der Waals surface area (Å²) in [4.78, 5) is 8.61. The Bertz CT molecular complexity index is 1460. The van der Waals surface area contributed by atoms with Crippen molar-refractivity contribution in [3.05, 3.63) is 81.6 Å². The summed E-state index contributed by atoms with van der Waals surface area (Å²) in [6.45, 7) is 41.5. The van der Waals surface area contributed by atoms with Gasteiger partial charge in [0.15, 0.2) is 0 Å². The molecular formula is C51H86N2S. The van der Waals surface area contributed by atoms with Crippen LogP contribution in [-0.2, 0) is 5.41 Å². The molecular weight excluding hydrogens is 673 g/mol. The first-order valence-corrected chi connectivity index (χ1v) is 22.6. The van der Waals surface area contributed by atoms with Crippen LogP contribution >= 0.6 is 11.3 Å². The molecule has 5 rings (SSSR count). The zero-order chi connectivity index (χ0) is 41.1. The number of pyridine rings is 1. The normalized spacial score (nSPS) is 18.3. The zero-order valence-electron chi connectivity index (χ0n) is 38.7. The van der Waals surface area contributed by atoms with E-state index in [0.29, 0.717) is 44.8 Å². The van der Waals surface area contributed by atoms with Crippen LogP contribution in [0, 0.1) is 40.4 Å². The lowest BCUT2D eigenvalue weighted by atomic mass is 9.61. The number of benzene rings is 1. The average molecular weight is 759 g/mol. The first kappa shape index (κ1) is 48.1. The van der Waals surface area contributed by atoms with Gasteiger partial charge in [-0.15, -0.1) is 11.3 Å². The highest BCUT2D eigenvalue weighted by Crippen LogP contribution is 2.53. The molecule has 0 saturated heterocycles. The molecule has 0 amide bonds. The molecule has 2 aliphatic carbocycles. The van der Waals surface area contributed by atoms with Crippen LogP contribution in [0.1, 0.15) is 221 Å². The Morgan fingerprint density at radius 1 is 0.667 bits per heavy atom. The fraction of sp³-hybridized carbons (Fsp3) is 0.725. The second kappa shape index (κ2) is 20.4. The maximum Gasteiger partial charge on any atom is 0.0961 e. The third-order valence-corrected chi connectivity index (χ3v) is 14.7. The van der Waals surface area contributed by atoms with E-state index < -0.39 is 0 Å². The molecule has 1 aromatic carbocycles. The number of thiazole rings is 1. The van der Waals surface area contributed by atoms with E-state index in [9.17, 15) is 0 Å². The Morgan fingerprint density at radius 2 is 1.22 bits per heavy atom. The number of aromatic nitrogens is 2. The number of nitrogens with zero attached hydrogens (tertiary/aromatic N) is 2. The monoisotopic (exact) mass is 759 g/mol. The van der Waals surface area contributed by atoms with E-state index in [1.54, 1.807) is 16.9 Å². The number of aryl methyl sites for hydroxylation is 1. The summed E-state index contributed by atoms with van der Waals surface area (Å²) in [6, 6.07) is 13.5. The lowest BCUT2D eigenvalue weighted by Crippen LogP contribution is -2.37. The Labute approximate surface area is 340 Å². The topological polar surface area (TPSA) is 25.8 Å². The Balaban J connectivity index is 0.000000254. The molecule has 306 valence electrons. The lowest BCUT2D eigenvalue weighted by Gasteiger charge is -2.43. The van der Waals surface area contributed by atoms with E-state index in [4.69, 9.17) is 0 Å². The summed E-state index contributed by atoms with van der Waals surface area (Å²) in [7, 11) is 0. The summed E-state index contributed by atoms with van der Waals surface area (Å²) < 4.78 is 0. The van der Waals surface area contributed by atoms with Crippen molar-refractivity contribution >= 4 is 11.3 Å². The van der Waals surface area contributed by atoms with Crippen molar-refractivity contribution in [3.63, 3.8) is 0 Å². The molecule has 0 radical (unpaired) electrons. The van der Waals surface area contributed by atoms with E-state index in [2.05, 4.69) is 170 Å². The van der Waals surface area contributed by atoms with Crippen LogP contribution in [0.25, 0.3) is 0 Å². The van der Waals surface area contributed by atoms with Crippen molar-refractivity contribution in [3.8, 4) is 0 Å². The fourth-order valence-corrected chi connectivity index (χ4v) is 9.16. The third-order valence-electron chi connectivity index (χ3n) is 13.5. The van der Waals surface area contributed by atoms with Gasteiger partial charge in [0.05, 0.1) is 5.01 Å². The largest absolute Gasteiger partial charge is 0.264 e. The Morgan fingerprint density at radius 3 is 1.65 bits per heavy atom. The number of rotatable bonds is 5. The maximum atomic E-state index is 4.50. The van der Waals surface area contributed by atoms with Gasteiger partial charge in [-0.1, -0.05) is 193 Å². The molecule has 3 heteroatoms. The van der Waals surface area contributed by atoms with Crippen LogP contribution in [-0.4, -0.2) is 9.97 Å². The molecule has 0 aliphatic heterocycles. The molecule has 2 fully saturated rings. The van der Waals surface area contributed by atoms with Crippen molar-refractivity contribution in [1.29, 1.82) is 0 Å². The summed E-state index contributed by atoms with van der Waals surface area (Å²) in [6.07, 6.45) is 16.7. The van der Waals surface area contributed by atoms with Crippen LogP contribution in [0.3, 0.4) is 0 Å². The highest BCUT2D eigenvalue weighted by molar-refractivity contribution is 7.09. The van der Waals surface area contributed by atoms with Crippen molar-refractivity contribution < 1.29 is 0 Å². The second-order valence-corrected chi connectivity index (χ2v) is 22.6. The van der Waals surface area contributed by atoms with E-state index in [-0.39, 0.29) is 0 Å². The second-order valence-electron chi connectivity index (χ2n) is 21.7. The fourth-order valence-electron chi connectivity index (χ4n) is 8.06. The summed E-state index contributed by atoms with van der Waals surface area (Å²) in [5, 5.41) is 3.39. The molecule has 3 aromatic rings. The molecule has 2 nitrogen and oxygen atoms in total. The molecule has 2 heterocycles. The van der Waals surface area contributed by atoms with Crippen LogP contribution in [0.4, 0.5) is 0 Å². The van der Waals surface area contributed by atoms with E-state index >= 15 is 0 Å². The van der Waals surface area contributed by atoms with Gasteiger partial charge >= 0.3 is 0 Å². The van der Waals surface area contributed by atoms with E-state index in [0.717, 1.165) is 17.5 Å². The zero-order valence-corrected chi connectivity index (χ0v) is 39.6. The molecule has 2 saturated carbocycles. The molecule has 3 atom stereocenters. The third kappa shape index (κ3) is 14.5. The van der Waals surface area contributed by atoms with Crippen molar-refractivity contribution in [2.45, 2.75) is 206 Å². The van der Waals surface area contributed by atoms with Crippen molar-refractivity contribution in [2.24, 2.45) is 33.5 Å². The minimum absolute atomic E-state index is 0.322. The standard InChI is InChI=1S/C18H28.C12H24.C11H17N.C10H17NS/c1-14(2)15-9-8-10-16(13-15)18(17(3,4)5)11-6-7-12-18;1-10(12(2,3)4)11-8-6-5-7-9-11;1-9(11(2,3)4)10-6-5-7-12-8-10;1-7-6-12-9(11-7)8(2)10(3,4)5/h8-10,13-14H,6-7,11-12H2,1-5H3;10-11H,5-9H2,1-4H3;5-9H,1-4H3;6,8H,1-5H3/t;10-;9-;8-/m.000/s1. The number of hydrogen-bond donors (Lipinski definition) is 0. The van der Waals surface area contributed by atoms with Gasteiger partial charge in [0.1, 0.15) is 0 Å². The minimum atomic E-state index is 0.322. The highest BCUT2D eigenvalue weighted by Gasteiger charge is 2.45. The predicted molar refractivity (Wildman–Crippen MR) is 242 cm³/mol. The average Bonchev–Trinajstić information content (AvgIpc) is 3.78. The number of hydrogen-bond acceptors (Lipinski definition) is 3. The van der Waals surface area contributed by atoms with E-state index in [1.807, 2.05) is 18.5 Å². The SMILES string of the molecule is CC(C)c1cccc(C2(C(C)(C)C)CCCC2)c1.C[C@@H](C1CCCCC1)C(C)(C)C.C[C@@H](c1cccnc1)C(C)(C)C.Cc1csc([C@H](C)C(C)(C)C)n1. The minimum Gasteiger partial charge on any atom is -0.264 e. The van der Waals surface area contributed by atoms with Gasteiger partial charge in [-0.25, -0.2) is 4.98 Å². The Hall–Kier alpha value is -2.00. The smallest absolute Gasteiger partial charge is 0.0961 e. The van der Waals surface area contributed by atoms with Crippen LogP contribution in [0.15, 0.2) is 54.2 Å². The predicted octanol–water partition coefficient (Wildman–Crippen LogP) is 16.7. The maximum absolute atomic E-state index is 4.50. The van der Waals surface area contributed by atoms with Crippen LogP contribution < -0.4 is 0 Å². The van der Waals surface area contributed by atoms with Crippen molar-refractivity contribution in [1.82, 2.24) is 9.97 Å². The molecule has 0 N–H and O–H groups in total. The van der Waals surface area contributed by atoms with Crippen LogP contribution in [0.5, 0.6) is 0 Å². The highest BCUT2D eigenvalue weighted by atomic mass is 32.1. The quantitative estimate of drug-likeness (QED) is 0.259. The molecule has 54 heavy (non-hydrogen) atoms. The first-order chi connectivity index (χ1) is 24.8. The molecule has 0 bridgehead atoms. The summed E-state index contributed by atoms with van der Waals surface area (Å²) in [5.41, 5.74) is 7.46. The van der Waals surface area contributed by atoms with Crippen LogP contribution in [0.2, 0.25) is 0 Å². The Kier molecular flexibility index (Phi) is 18.2.